The molecule has 1 aromatic heterocycles. The molecule has 178 valence electrons. The first-order valence-corrected chi connectivity index (χ1v) is 10.0. The molecule has 2 heterocycles. The molecule has 1 aliphatic heterocycles. The summed E-state index contributed by atoms with van der Waals surface area (Å²) in [5.41, 5.74) is -0.448. The van der Waals surface area contributed by atoms with Gasteiger partial charge in [-0.15, -0.1) is 0 Å². The number of fused-ring (bicyclic) bond motifs is 1. The van der Waals surface area contributed by atoms with Gasteiger partial charge in [0.1, 0.15) is 11.4 Å². The summed E-state index contributed by atoms with van der Waals surface area (Å²) in [6, 6.07) is 9.54. The molecule has 0 saturated carbocycles. The highest BCUT2D eigenvalue weighted by Gasteiger charge is 2.36. The van der Waals surface area contributed by atoms with Crippen LogP contribution in [0.3, 0.4) is 0 Å². The normalized spacial score (nSPS) is 13.8. The highest BCUT2D eigenvalue weighted by molar-refractivity contribution is 5.94. The monoisotopic (exact) mass is 481 g/mol. The van der Waals surface area contributed by atoms with E-state index in [9.17, 15) is 31.1 Å². The van der Waals surface area contributed by atoms with Crippen LogP contribution in [0.4, 0.5) is 49.5 Å². The third-order valence-corrected chi connectivity index (χ3v) is 5.12. The lowest BCUT2D eigenvalue weighted by molar-refractivity contribution is -0.139. The fourth-order valence-corrected chi connectivity index (χ4v) is 3.50. The summed E-state index contributed by atoms with van der Waals surface area (Å²) in [6.07, 6.45) is -8.12. The number of nitrogens with zero attached hydrogens (tertiary/aromatic N) is 2. The lowest BCUT2D eigenvalue weighted by Crippen LogP contribution is -2.19. The maximum absolute atomic E-state index is 13.5. The molecule has 34 heavy (non-hydrogen) atoms. The summed E-state index contributed by atoms with van der Waals surface area (Å²) >= 11 is 0. The van der Waals surface area contributed by atoms with Gasteiger partial charge >= 0.3 is 12.4 Å². The number of alkyl halides is 6. The molecule has 0 bridgehead atoms. The van der Waals surface area contributed by atoms with Gasteiger partial charge in [-0.2, -0.15) is 31.3 Å². The van der Waals surface area contributed by atoms with E-state index in [4.69, 9.17) is 0 Å². The zero-order chi connectivity index (χ0) is 24.5. The second-order valence-electron chi connectivity index (χ2n) is 7.51. The van der Waals surface area contributed by atoms with Crippen molar-refractivity contribution in [3.05, 3.63) is 70.9 Å². The topological polar surface area (TPSA) is 78.9 Å². The lowest BCUT2D eigenvalue weighted by Gasteiger charge is -2.19. The molecule has 0 atom stereocenters. The Bertz CT molecular complexity index is 1230. The van der Waals surface area contributed by atoms with Crippen LogP contribution in [0.25, 0.3) is 0 Å². The van der Waals surface area contributed by atoms with Crippen LogP contribution in [0.15, 0.2) is 48.7 Å². The summed E-state index contributed by atoms with van der Waals surface area (Å²) < 4.78 is 80.1. The number of hydrogen-bond donors (Lipinski definition) is 3. The van der Waals surface area contributed by atoms with Crippen LogP contribution >= 0.6 is 0 Å². The Labute approximate surface area is 189 Å². The molecule has 0 radical (unpaired) electrons. The third-order valence-electron chi connectivity index (χ3n) is 5.12. The molecule has 3 aromatic rings. The standard InChI is InChI=1S/C22H17F6N5O/c23-21(24,25)15-4-2-1-3-13(15)10-29-19-16(22(26,27)28)11-30-20(33-19)31-14-6-7-17-12(9-14)5-8-18(34)32-17/h1-4,6-7,9,11H,5,8,10H2,(H,32,34)(H2,29,30,31,33). The Morgan fingerprint density at radius 3 is 2.41 bits per heavy atom. The van der Waals surface area contributed by atoms with Gasteiger partial charge in [-0.1, -0.05) is 18.2 Å². The third kappa shape index (κ3) is 5.21. The van der Waals surface area contributed by atoms with Crippen LogP contribution in [0.2, 0.25) is 0 Å². The first-order valence-electron chi connectivity index (χ1n) is 10.0. The van der Waals surface area contributed by atoms with Crippen LogP contribution in [0.1, 0.15) is 28.7 Å². The Morgan fingerprint density at radius 1 is 0.941 bits per heavy atom. The van der Waals surface area contributed by atoms with Crippen molar-refractivity contribution in [3.63, 3.8) is 0 Å². The summed E-state index contributed by atoms with van der Waals surface area (Å²) in [6.45, 7) is -0.534. The molecule has 0 spiro atoms. The van der Waals surface area contributed by atoms with Crippen molar-refractivity contribution in [2.75, 3.05) is 16.0 Å². The van der Waals surface area contributed by atoms with Gasteiger partial charge in [0.25, 0.3) is 0 Å². The SMILES string of the molecule is O=C1CCc2cc(Nc3ncc(C(F)(F)F)c(NCc4ccccc4C(F)(F)F)n3)ccc2N1. The fourth-order valence-electron chi connectivity index (χ4n) is 3.50. The van der Waals surface area contributed by atoms with Gasteiger partial charge in [-0.05, 0) is 41.8 Å². The maximum Gasteiger partial charge on any atom is 0.421 e. The van der Waals surface area contributed by atoms with E-state index in [1.54, 1.807) is 18.2 Å². The average molecular weight is 481 g/mol. The van der Waals surface area contributed by atoms with Gasteiger partial charge in [0.15, 0.2) is 0 Å². The van der Waals surface area contributed by atoms with Crippen molar-refractivity contribution in [2.45, 2.75) is 31.7 Å². The fraction of sp³-hybridized carbons (Fsp3) is 0.227. The number of rotatable bonds is 5. The van der Waals surface area contributed by atoms with E-state index in [2.05, 4.69) is 25.9 Å². The van der Waals surface area contributed by atoms with Crippen LogP contribution in [-0.2, 0) is 30.1 Å². The molecule has 0 fully saturated rings. The highest BCUT2D eigenvalue weighted by atomic mass is 19.4. The maximum atomic E-state index is 13.5. The predicted octanol–water partition coefficient (Wildman–Crippen LogP) is 5.75. The van der Waals surface area contributed by atoms with Gasteiger partial charge in [0, 0.05) is 30.5 Å². The lowest BCUT2D eigenvalue weighted by atomic mass is 10.0. The molecule has 6 nitrogen and oxygen atoms in total. The zero-order valence-corrected chi connectivity index (χ0v) is 17.3. The van der Waals surface area contributed by atoms with Crippen LogP contribution in [0.5, 0.6) is 0 Å². The minimum absolute atomic E-state index is 0.109. The number of aromatic nitrogens is 2. The van der Waals surface area contributed by atoms with E-state index in [0.717, 1.165) is 11.6 Å². The first kappa shape index (κ1) is 23.3. The van der Waals surface area contributed by atoms with Crippen LogP contribution < -0.4 is 16.0 Å². The van der Waals surface area contributed by atoms with E-state index >= 15 is 0 Å². The number of nitrogens with one attached hydrogen (secondary N) is 3. The van der Waals surface area contributed by atoms with E-state index in [1.807, 2.05) is 0 Å². The van der Waals surface area contributed by atoms with Crippen molar-refractivity contribution in [1.29, 1.82) is 0 Å². The first-order chi connectivity index (χ1) is 16.0. The van der Waals surface area contributed by atoms with Crippen molar-refractivity contribution < 1.29 is 31.1 Å². The van der Waals surface area contributed by atoms with E-state index in [1.165, 1.54) is 18.2 Å². The summed E-state index contributed by atoms with van der Waals surface area (Å²) in [4.78, 5) is 19.1. The Morgan fingerprint density at radius 2 is 1.68 bits per heavy atom. The molecular weight excluding hydrogens is 464 g/mol. The number of benzene rings is 2. The Hall–Kier alpha value is -3.83. The Kier molecular flexibility index (Phi) is 6.07. The molecule has 0 saturated heterocycles. The largest absolute Gasteiger partial charge is 0.421 e. The molecule has 2 aromatic carbocycles. The quantitative estimate of drug-likeness (QED) is 0.404. The molecule has 3 N–H and O–H groups in total. The molecule has 1 amide bonds. The van der Waals surface area contributed by atoms with Gasteiger partial charge in [-0.25, -0.2) is 4.98 Å². The summed E-state index contributed by atoms with van der Waals surface area (Å²) in [7, 11) is 0. The van der Waals surface area contributed by atoms with E-state index < -0.39 is 35.8 Å². The minimum Gasteiger partial charge on any atom is -0.365 e. The number of halogens is 6. The van der Waals surface area contributed by atoms with Crippen molar-refractivity contribution in [1.82, 2.24) is 9.97 Å². The van der Waals surface area contributed by atoms with Gasteiger partial charge in [0.2, 0.25) is 11.9 Å². The second-order valence-corrected chi connectivity index (χ2v) is 7.51. The summed E-state index contributed by atoms with van der Waals surface area (Å²) in [5.74, 6) is -0.950. The molecule has 1 aliphatic rings. The van der Waals surface area contributed by atoms with Crippen molar-refractivity contribution in [2.24, 2.45) is 0 Å². The smallest absolute Gasteiger partial charge is 0.365 e. The summed E-state index contributed by atoms with van der Waals surface area (Å²) in [5, 5.41) is 7.89. The number of amides is 1. The number of aryl methyl sites for hydroxylation is 1. The highest BCUT2D eigenvalue weighted by Crippen LogP contribution is 2.36. The van der Waals surface area contributed by atoms with Crippen LogP contribution in [0, 0.1) is 0 Å². The number of anilines is 4. The van der Waals surface area contributed by atoms with Gasteiger partial charge < -0.3 is 16.0 Å². The number of carbonyl (C=O) groups excluding carboxylic acids is 1. The second kappa shape index (κ2) is 8.84. The zero-order valence-electron chi connectivity index (χ0n) is 17.3. The van der Waals surface area contributed by atoms with Crippen LogP contribution in [-0.4, -0.2) is 15.9 Å². The Balaban J connectivity index is 1.60. The molecule has 12 heteroatoms. The van der Waals surface area contributed by atoms with Crippen molar-refractivity contribution >= 4 is 29.0 Å². The molecule has 4 rings (SSSR count). The number of carbonyl (C=O) groups is 1. The minimum atomic E-state index is -4.82. The molecule has 0 unspecified atom stereocenters. The van der Waals surface area contributed by atoms with Gasteiger partial charge in [0.05, 0.1) is 5.56 Å². The van der Waals surface area contributed by atoms with E-state index in [0.29, 0.717) is 30.4 Å². The number of hydrogen-bond acceptors (Lipinski definition) is 5. The van der Waals surface area contributed by atoms with E-state index in [-0.39, 0.29) is 17.4 Å². The van der Waals surface area contributed by atoms with Gasteiger partial charge in [-0.3, -0.25) is 4.79 Å². The average Bonchev–Trinajstić information content (AvgIpc) is 2.77. The van der Waals surface area contributed by atoms with Crippen molar-refractivity contribution in [3.8, 4) is 0 Å². The predicted molar refractivity (Wildman–Crippen MR) is 112 cm³/mol. The molecule has 0 aliphatic carbocycles. The molecular formula is C22H17F6N5O.